The van der Waals surface area contributed by atoms with Gasteiger partial charge in [-0.3, -0.25) is 0 Å². The van der Waals surface area contributed by atoms with Crippen LogP contribution in [0, 0.1) is 0 Å². The highest BCUT2D eigenvalue weighted by atomic mass is 16.3. The Morgan fingerprint density at radius 3 is 2.60 bits per heavy atom. The molecule has 1 aromatic heterocycles. The largest absolute Gasteiger partial charge is 0.472 e. The van der Waals surface area contributed by atoms with Crippen molar-refractivity contribution in [2.45, 2.75) is 44.1 Å². The molecular weight excluding hydrogens is 246 g/mol. The van der Waals surface area contributed by atoms with E-state index in [9.17, 15) is 0 Å². The van der Waals surface area contributed by atoms with Gasteiger partial charge in [0.25, 0.3) is 0 Å². The van der Waals surface area contributed by atoms with E-state index in [0.29, 0.717) is 0 Å². The van der Waals surface area contributed by atoms with Crippen molar-refractivity contribution in [1.82, 2.24) is 5.32 Å². The van der Waals surface area contributed by atoms with Gasteiger partial charge in [-0.25, -0.2) is 0 Å². The van der Waals surface area contributed by atoms with Gasteiger partial charge in [-0.1, -0.05) is 37.3 Å². The van der Waals surface area contributed by atoms with Gasteiger partial charge in [0.05, 0.1) is 12.5 Å². The Hall–Kier alpha value is -1.54. The molecule has 1 aliphatic rings. The standard InChI is InChI=1S/C18H23NO/c1-2-18(14-19-17-8-9-17,12-15-10-11-20-13-15)16-6-4-3-5-7-16/h3-7,10-11,13,17,19H,2,8-9,12,14H2,1H3. The first-order valence-electron chi connectivity index (χ1n) is 7.62. The lowest BCUT2D eigenvalue weighted by molar-refractivity contribution is 0.375. The van der Waals surface area contributed by atoms with E-state index >= 15 is 0 Å². The summed E-state index contributed by atoms with van der Waals surface area (Å²) in [6.45, 7) is 3.34. The molecule has 0 saturated heterocycles. The van der Waals surface area contributed by atoms with Crippen LogP contribution in [0.5, 0.6) is 0 Å². The summed E-state index contributed by atoms with van der Waals surface area (Å²) < 4.78 is 5.26. The first kappa shape index (κ1) is 13.4. The average molecular weight is 269 g/mol. The molecule has 1 unspecified atom stereocenters. The second-order valence-corrected chi connectivity index (χ2v) is 5.96. The molecule has 3 rings (SSSR count). The zero-order valence-corrected chi connectivity index (χ0v) is 12.1. The molecule has 1 atom stereocenters. The Morgan fingerprint density at radius 2 is 2.00 bits per heavy atom. The van der Waals surface area contributed by atoms with E-state index in [2.05, 4.69) is 48.6 Å². The zero-order chi connectivity index (χ0) is 13.8. The first-order chi connectivity index (χ1) is 9.82. The van der Waals surface area contributed by atoms with Crippen LogP contribution in [0.2, 0.25) is 0 Å². The molecule has 1 N–H and O–H groups in total. The highest BCUT2D eigenvalue weighted by Gasteiger charge is 2.33. The van der Waals surface area contributed by atoms with E-state index in [1.54, 1.807) is 6.26 Å². The SMILES string of the molecule is CCC(CNC1CC1)(Cc1ccoc1)c1ccccc1. The molecule has 1 heterocycles. The first-order valence-corrected chi connectivity index (χ1v) is 7.62. The van der Waals surface area contributed by atoms with Gasteiger partial charge in [-0.05, 0) is 42.9 Å². The number of furan rings is 1. The monoisotopic (exact) mass is 269 g/mol. The van der Waals surface area contributed by atoms with Crippen LogP contribution in [0.3, 0.4) is 0 Å². The molecule has 1 fully saturated rings. The number of rotatable bonds is 7. The Balaban J connectivity index is 1.86. The number of nitrogens with one attached hydrogen (secondary N) is 1. The minimum absolute atomic E-state index is 0.160. The highest BCUT2D eigenvalue weighted by molar-refractivity contribution is 5.29. The van der Waals surface area contributed by atoms with Crippen LogP contribution in [0.15, 0.2) is 53.3 Å². The van der Waals surface area contributed by atoms with Gasteiger partial charge in [-0.15, -0.1) is 0 Å². The van der Waals surface area contributed by atoms with Crippen LogP contribution in [0.4, 0.5) is 0 Å². The quantitative estimate of drug-likeness (QED) is 0.824. The lowest BCUT2D eigenvalue weighted by Gasteiger charge is -2.34. The van der Waals surface area contributed by atoms with Crippen LogP contribution >= 0.6 is 0 Å². The van der Waals surface area contributed by atoms with Crippen LogP contribution in [-0.2, 0) is 11.8 Å². The molecular formula is C18H23NO. The van der Waals surface area contributed by atoms with Crippen molar-refractivity contribution in [2.75, 3.05) is 6.54 Å². The minimum atomic E-state index is 0.160. The van der Waals surface area contributed by atoms with Gasteiger partial charge in [0.1, 0.15) is 0 Å². The summed E-state index contributed by atoms with van der Waals surface area (Å²) in [5.41, 5.74) is 2.87. The van der Waals surface area contributed by atoms with Gasteiger partial charge in [0.15, 0.2) is 0 Å². The lowest BCUT2D eigenvalue weighted by Crippen LogP contribution is -2.40. The minimum Gasteiger partial charge on any atom is -0.472 e. The molecule has 0 radical (unpaired) electrons. The van der Waals surface area contributed by atoms with Crippen molar-refractivity contribution < 1.29 is 4.42 Å². The second kappa shape index (κ2) is 5.84. The molecule has 1 aromatic carbocycles. The van der Waals surface area contributed by atoms with Gasteiger partial charge in [0, 0.05) is 18.0 Å². The van der Waals surface area contributed by atoms with E-state index in [1.807, 2.05) is 6.26 Å². The maximum Gasteiger partial charge on any atom is 0.0934 e. The predicted molar refractivity (Wildman–Crippen MR) is 81.8 cm³/mol. The van der Waals surface area contributed by atoms with E-state index < -0.39 is 0 Å². The van der Waals surface area contributed by atoms with E-state index in [0.717, 1.165) is 25.4 Å². The van der Waals surface area contributed by atoms with Crippen molar-refractivity contribution in [2.24, 2.45) is 0 Å². The normalized spacial score (nSPS) is 17.9. The highest BCUT2D eigenvalue weighted by Crippen LogP contribution is 2.33. The van der Waals surface area contributed by atoms with Crippen molar-refractivity contribution in [1.29, 1.82) is 0 Å². The number of hydrogen-bond acceptors (Lipinski definition) is 2. The Labute approximate surface area is 121 Å². The topological polar surface area (TPSA) is 25.2 Å². The molecule has 2 nitrogen and oxygen atoms in total. The van der Waals surface area contributed by atoms with Crippen LogP contribution < -0.4 is 5.32 Å². The summed E-state index contributed by atoms with van der Waals surface area (Å²) in [6.07, 6.45) is 8.48. The van der Waals surface area contributed by atoms with Crippen molar-refractivity contribution in [3.8, 4) is 0 Å². The molecule has 0 spiro atoms. The summed E-state index contributed by atoms with van der Waals surface area (Å²) in [5.74, 6) is 0. The number of benzene rings is 1. The van der Waals surface area contributed by atoms with Crippen molar-refractivity contribution in [3.05, 3.63) is 60.1 Å². The van der Waals surface area contributed by atoms with Crippen LogP contribution in [0.25, 0.3) is 0 Å². The predicted octanol–water partition coefficient (Wildman–Crippen LogP) is 3.92. The molecule has 1 saturated carbocycles. The second-order valence-electron chi connectivity index (χ2n) is 5.96. The van der Waals surface area contributed by atoms with Crippen LogP contribution in [-0.4, -0.2) is 12.6 Å². The summed E-state index contributed by atoms with van der Waals surface area (Å²) in [5, 5.41) is 3.73. The fraction of sp³-hybridized carbons (Fsp3) is 0.444. The van der Waals surface area contributed by atoms with Gasteiger partial charge >= 0.3 is 0 Å². The molecule has 20 heavy (non-hydrogen) atoms. The van der Waals surface area contributed by atoms with Crippen molar-refractivity contribution >= 4 is 0 Å². The van der Waals surface area contributed by atoms with Gasteiger partial charge < -0.3 is 9.73 Å². The molecule has 0 bridgehead atoms. The van der Waals surface area contributed by atoms with Gasteiger partial charge in [0.2, 0.25) is 0 Å². The summed E-state index contributed by atoms with van der Waals surface area (Å²) in [6, 6.07) is 13.7. The average Bonchev–Trinajstić information content (AvgIpc) is 3.20. The summed E-state index contributed by atoms with van der Waals surface area (Å²) >= 11 is 0. The molecule has 0 aliphatic heterocycles. The maximum absolute atomic E-state index is 5.26. The van der Waals surface area contributed by atoms with E-state index in [-0.39, 0.29) is 5.41 Å². The third-order valence-electron chi connectivity index (χ3n) is 4.49. The fourth-order valence-electron chi connectivity index (χ4n) is 2.92. The molecule has 106 valence electrons. The summed E-state index contributed by atoms with van der Waals surface area (Å²) in [7, 11) is 0. The Bertz CT molecular complexity index is 516. The molecule has 0 amide bonds. The third kappa shape index (κ3) is 2.96. The van der Waals surface area contributed by atoms with E-state index in [1.165, 1.54) is 24.0 Å². The third-order valence-corrected chi connectivity index (χ3v) is 4.49. The molecule has 1 aliphatic carbocycles. The molecule has 2 heteroatoms. The zero-order valence-electron chi connectivity index (χ0n) is 12.1. The number of hydrogen-bond donors (Lipinski definition) is 1. The fourth-order valence-corrected chi connectivity index (χ4v) is 2.92. The van der Waals surface area contributed by atoms with E-state index in [4.69, 9.17) is 4.42 Å². The maximum atomic E-state index is 5.26. The molecule has 2 aromatic rings. The Morgan fingerprint density at radius 1 is 1.20 bits per heavy atom. The van der Waals surface area contributed by atoms with Crippen LogP contribution in [0.1, 0.15) is 37.3 Å². The smallest absolute Gasteiger partial charge is 0.0934 e. The van der Waals surface area contributed by atoms with Crippen molar-refractivity contribution in [3.63, 3.8) is 0 Å². The Kier molecular flexibility index (Phi) is 3.93. The van der Waals surface area contributed by atoms with Gasteiger partial charge in [-0.2, -0.15) is 0 Å². The lowest BCUT2D eigenvalue weighted by atomic mass is 9.73. The summed E-state index contributed by atoms with van der Waals surface area (Å²) in [4.78, 5) is 0.